The van der Waals surface area contributed by atoms with Crippen LogP contribution < -0.4 is 10.6 Å². The Morgan fingerprint density at radius 3 is 2.19 bits per heavy atom. The van der Waals surface area contributed by atoms with Crippen LogP contribution in [0, 0.1) is 11.6 Å². The molecule has 168 valence electrons. The largest absolute Gasteiger partial charge is 0.356 e. The zero-order valence-corrected chi connectivity index (χ0v) is 18.7. The molecule has 2 aromatic rings. The molecule has 2 N–H and O–H groups in total. The van der Waals surface area contributed by atoms with Crippen molar-refractivity contribution >= 4 is 15.8 Å². The molecular weight excluding hydrogens is 420 g/mol. The predicted molar refractivity (Wildman–Crippen MR) is 119 cm³/mol. The van der Waals surface area contributed by atoms with Gasteiger partial charge < -0.3 is 10.6 Å². The molecule has 8 heteroatoms. The molecule has 5 nitrogen and oxygen atoms in total. The maximum absolute atomic E-state index is 14.5. The summed E-state index contributed by atoms with van der Waals surface area (Å²) in [6.45, 7) is 0.979. The van der Waals surface area contributed by atoms with Gasteiger partial charge in [-0.25, -0.2) is 17.2 Å². The fourth-order valence-electron chi connectivity index (χ4n) is 4.27. The molecule has 0 bridgehead atoms. The van der Waals surface area contributed by atoms with Crippen LogP contribution in [0.4, 0.5) is 8.78 Å². The summed E-state index contributed by atoms with van der Waals surface area (Å²) in [5.74, 6) is -0.427. The Bertz CT molecular complexity index is 1010. The lowest BCUT2D eigenvalue weighted by Gasteiger charge is -2.31. The number of hydrogen-bond acceptors (Lipinski definition) is 3. The summed E-state index contributed by atoms with van der Waals surface area (Å²) in [6.07, 6.45) is 5.18. The molecule has 1 saturated carbocycles. The van der Waals surface area contributed by atoms with E-state index < -0.39 is 26.9 Å². The molecule has 1 fully saturated rings. The lowest BCUT2D eigenvalue weighted by molar-refractivity contribution is 0.386. The first-order valence-electron chi connectivity index (χ1n) is 10.4. The van der Waals surface area contributed by atoms with Crippen LogP contribution >= 0.6 is 0 Å². The average molecular weight is 450 g/mol. The minimum Gasteiger partial charge on any atom is -0.356 e. The molecule has 31 heavy (non-hydrogen) atoms. The molecule has 0 atom stereocenters. The van der Waals surface area contributed by atoms with Crippen molar-refractivity contribution in [3.8, 4) is 0 Å². The van der Waals surface area contributed by atoms with Crippen molar-refractivity contribution in [3.63, 3.8) is 0 Å². The van der Waals surface area contributed by atoms with Gasteiger partial charge in [-0.3, -0.25) is 4.99 Å². The van der Waals surface area contributed by atoms with Crippen LogP contribution in [-0.4, -0.2) is 40.8 Å². The van der Waals surface area contributed by atoms with Crippen LogP contribution in [0.3, 0.4) is 0 Å². The first kappa shape index (κ1) is 23.2. The Labute approximate surface area is 182 Å². The van der Waals surface area contributed by atoms with Gasteiger partial charge in [0.25, 0.3) is 0 Å². The molecule has 1 aliphatic carbocycles. The Balaban J connectivity index is 1.59. The number of sulfone groups is 1. The number of rotatable bonds is 7. The Morgan fingerprint density at radius 2 is 1.65 bits per heavy atom. The van der Waals surface area contributed by atoms with Crippen molar-refractivity contribution in [2.24, 2.45) is 4.99 Å². The number of aliphatic imine (C=N–C) groups is 1. The van der Waals surface area contributed by atoms with Gasteiger partial charge in [0.05, 0.1) is 4.90 Å². The van der Waals surface area contributed by atoms with E-state index in [1.807, 2.05) is 0 Å². The van der Waals surface area contributed by atoms with Gasteiger partial charge in [0.1, 0.15) is 11.6 Å². The molecule has 0 radical (unpaired) electrons. The molecule has 0 spiro atoms. The van der Waals surface area contributed by atoms with Crippen molar-refractivity contribution < 1.29 is 17.2 Å². The Hall–Kier alpha value is -2.48. The zero-order valence-electron chi connectivity index (χ0n) is 17.9. The van der Waals surface area contributed by atoms with Crippen molar-refractivity contribution in [1.29, 1.82) is 0 Å². The molecule has 0 aromatic heterocycles. The van der Waals surface area contributed by atoms with Gasteiger partial charge in [-0.1, -0.05) is 31.0 Å². The number of hydrogen-bond donors (Lipinski definition) is 2. The average Bonchev–Trinajstić information content (AvgIpc) is 3.19. The highest BCUT2D eigenvalue weighted by Gasteiger charge is 2.39. The Morgan fingerprint density at radius 1 is 1.03 bits per heavy atom. The third-order valence-corrected chi connectivity index (χ3v) is 7.06. The summed E-state index contributed by atoms with van der Waals surface area (Å²) in [7, 11) is -1.55. The molecule has 0 aliphatic heterocycles. The third kappa shape index (κ3) is 5.61. The molecule has 3 rings (SSSR count). The number of guanidine groups is 1. The van der Waals surface area contributed by atoms with Crippen molar-refractivity contribution in [2.45, 2.75) is 42.4 Å². The summed E-state index contributed by atoms with van der Waals surface area (Å²) >= 11 is 0. The highest BCUT2D eigenvalue weighted by atomic mass is 32.2. The van der Waals surface area contributed by atoms with Gasteiger partial charge in [0.2, 0.25) is 0 Å². The summed E-state index contributed by atoms with van der Waals surface area (Å²) in [6, 6.07) is 10.8. The Kier molecular flexibility index (Phi) is 7.30. The van der Waals surface area contributed by atoms with Crippen LogP contribution in [-0.2, 0) is 21.7 Å². The van der Waals surface area contributed by atoms with E-state index in [1.54, 1.807) is 31.3 Å². The van der Waals surface area contributed by atoms with E-state index in [9.17, 15) is 17.2 Å². The van der Waals surface area contributed by atoms with Gasteiger partial charge in [0, 0.05) is 37.4 Å². The minimum absolute atomic E-state index is 0.168. The summed E-state index contributed by atoms with van der Waals surface area (Å²) < 4.78 is 52.1. The summed E-state index contributed by atoms with van der Waals surface area (Å²) in [4.78, 5) is 4.52. The van der Waals surface area contributed by atoms with Crippen molar-refractivity contribution in [3.05, 3.63) is 65.2 Å². The van der Waals surface area contributed by atoms with Gasteiger partial charge in [-0.2, -0.15) is 0 Å². The van der Waals surface area contributed by atoms with E-state index in [4.69, 9.17) is 0 Å². The van der Waals surface area contributed by atoms with Crippen LogP contribution in [0.2, 0.25) is 0 Å². The SMILES string of the molecule is CN=C(NCCc1ccc(S(C)(=O)=O)cc1)NCC1(c2c(F)cccc2F)CCCC1. The molecule has 2 aromatic carbocycles. The quantitative estimate of drug-likeness (QED) is 0.501. The highest BCUT2D eigenvalue weighted by molar-refractivity contribution is 7.90. The normalized spacial score (nSPS) is 16.3. The van der Waals surface area contributed by atoms with E-state index in [-0.39, 0.29) is 5.56 Å². The third-order valence-electron chi connectivity index (χ3n) is 5.93. The smallest absolute Gasteiger partial charge is 0.191 e. The van der Waals surface area contributed by atoms with Gasteiger partial charge in [-0.05, 0) is 49.1 Å². The van der Waals surface area contributed by atoms with Crippen LogP contribution in [0.15, 0.2) is 52.4 Å². The monoisotopic (exact) mass is 449 g/mol. The number of nitrogens with one attached hydrogen (secondary N) is 2. The van der Waals surface area contributed by atoms with Gasteiger partial charge in [-0.15, -0.1) is 0 Å². The second-order valence-corrected chi connectivity index (χ2v) is 10.1. The second kappa shape index (κ2) is 9.77. The highest BCUT2D eigenvalue weighted by Crippen LogP contribution is 2.42. The van der Waals surface area contributed by atoms with E-state index in [0.29, 0.717) is 30.4 Å². The maximum Gasteiger partial charge on any atom is 0.191 e. The predicted octanol–water partition coefficient (Wildman–Crippen LogP) is 3.59. The lowest BCUT2D eigenvalue weighted by Crippen LogP contribution is -2.45. The van der Waals surface area contributed by atoms with Crippen LogP contribution in [0.1, 0.15) is 36.8 Å². The van der Waals surface area contributed by atoms with Gasteiger partial charge >= 0.3 is 0 Å². The van der Waals surface area contributed by atoms with E-state index in [1.165, 1.54) is 24.5 Å². The minimum atomic E-state index is -3.21. The topological polar surface area (TPSA) is 70.6 Å². The van der Waals surface area contributed by atoms with Crippen LogP contribution in [0.25, 0.3) is 0 Å². The first-order chi connectivity index (χ1) is 14.7. The molecule has 0 unspecified atom stereocenters. The fraction of sp³-hybridized carbons (Fsp3) is 0.435. The van der Waals surface area contributed by atoms with Gasteiger partial charge in [0.15, 0.2) is 15.8 Å². The number of benzene rings is 2. The molecule has 0 saturated heterocycles. The molecule has 0 heterocycles. The standard InChI is InChI=1S/C23H29F2N3O2S/c1-26-22(27-15-12-17-8-10-18(11-9-17)31(2,29)30)28-16-23(13-3-4-14-23)21-19(24)6-5-7-20(21)25/h5-11H,3-4,12-16H2,1-2H3,(H2,26,27,28). The fourth-order valence-corrected chi connectivity index (χ4v) is 4.90. The van der Waals surface area contributed by atoms with E-state index in [0.717, 1.165) is 31.2 Å². The molecule has 0 amide bonds. The molecule has 1 aliphatic rings. The zero-order chi connectivity index (χ0) is 22.5. The van der Waals surface area contributed by atoms with E-state index >= 15 is 0 Å². The maximum atomic E-state index is 14.5. The number of halogens is 2. The summed E-state index contributed by atoms with van der Waals surface area (Å²) in [5, 5.41) is 6.46. The second-order valence-electron chi connectivity index (χ2n) is 8.10. The lowest BCUT2D eigenvalue weighted by atomic mass is 9.78. The van der Waals surface area contributed by atoms with Crippen LogP contribution in [0.5, 0.6) is 0 Å². The summed E-state index contributed by atoms with van der Waals surface area (Å²) in [5.41, 5.74) is 0.576. The first-order valence-corrected chi connectivity index (χ1v) is 12.3. The molecular formula is C23H29F2N3O2S. The van der Waals surface area contributed by atoms with E-state index in [2.05, 4.69) is 15.6 Å². The number of nitrogens with zero attached hydrogens (tertiary/aromatic N) is 1. The van der Waals surface area contributed by atoms with Crippen molar-refractivity contribution in [2.75, 3.05) is 26.4 Å². The van der Waals surface area contributed by atoms with Crippen molar-refractivity contribution in [1.82, 2.24) is 10.6 Å².